The van der Waals surface area contributed by atoms with E-state index in [0.29, 0.717) is 18.6 Å². The van der Waals surface area contributed by atoms with E-state index in [1.165, 1.54) is 25.7 Å². The lowest BCUT2D eigenvalue weighted by Crippen LogP contribution is -2.42. The lowest BCUT2D eigenvalue weighted by atomic mass is 10.1. The van der Waals surface area contributed by atoms with E-state index in [-0.39, 0.29) is 5.91 Å². The number of carbonyl (C=O) groups is 1. The van der Waals surface area contributed by atoms with Crippen molar-refractivity contribution in [3.05, 3.63) is 0 Å². The molecule has 1 saturated carbocycles. The van der Waals surface area contributed by atoms with Crippen molar-refractivity contribution >= 4 is 5.91 Å². The molecule has 0 aromatic heterocycles. The van der Waals surface area contributed by atoms with E-state index in [1.807, 2.05) is 0 Å². The number of rotatable bonds is 7. The Morgan fingerprint density at radius 3 is 2.42 bits per heavy atom. The molecule has 112 valence electrons. The van der Waals surface area contributed by atoms with Crippen molar-refractivity contribution in [3.63, 3.8) is 0 Å². The van der Waals surface area contributed by atoms with Crippen LogP contribution in [0.3, 0.4) is 0 Å². The molecule has 19 heavy (non-hydrogen) atoms. The molecule has 1 atom stereocenters. The highest BCUT2D eigenvalue weighted by molar-refractivity contribution is 5.78. The van der Waals surface area contributed by atoms with Crippen LogP contribution in [-0.4, -0.2) is 50.1 Å². The molecule has 1 aliphatic rings. The number of nitrogens with zero attached hydrogens (tertiary/aromatic N) is 1. The Bertz CT molecular complexity index is 248. The maximum absolute atomic E-state index is 11.9. The highest BCUT2D eigenvalue weighted by Crippen LogP contribution is 2.16. The largest absolute Gasteiger partial charge is 0.352 e. The SMILES string of the molecule is CC(CCN(C)C)NCC(=O)NC1CCCCCC1. The fourth-order valence-corrected chi connectivity index (χ4v) is 2.52. The molecule has 1 rings (SSSR count). The smallest absolute Gasteiger partial charge is 0.234 e. The van der Waals surface area contributed by atoms with Gasteiger partial charge in [0.2, 0.25) is 5.91 Å². The lowest BCUT2D eigenvalue weighted by Gasteiger charge is -2.19. The van der Waals surface area contributed by atoms with Crippen molar-refractivity contribution in [1.29, 1.82) is 0 Å². The summed E-state index contributed by atoms with van der Waals surface area (Å²) in [5, 5.41) is 6.47. The Hall–Kier alpha value is -0.610. The lowest BCUT2D eigenvalue weighted by molar-refractivity contribution is -0.121. The van der Waals surface area contributed by atoms with Gasteiger partial charge in [-0.2, -0.15) is 0 Å². The van der Waals surface area contributed by atoms with Gasteiger partial charge in [0.25, 0.3) is 0 Å². The van der Waals surface area contributed by atoms with Gasteiger partial charge in [-0.1, -0.05) is 25.7 Å². The van der Waals surface area contributed by atoms with Gasteiger partial charge in [0.1, 0.15) is 0 Å². The molecule has 0 radical (unpaired) electrons. The van der Waals surface area contributed by atoms with E-state index in [4.69, 9.17) is 0 Å². The van der Waals surface area contributed by atoms with Gasteiger partial charge in [-0.15, -0.1) is 0 Å². The second-order valence-corrected chi connectivity index (χ2v) is 6.13. The predicted octanol–water partition coefficient (Wildman–Crippen LogP) is 1.76. The van der Waals surface area contributed by atoms with E-state index in [1.54, 1.807) is 0 Å². The topological polar surface area (TPSA) is 44.4 Å². The average Bonchev–Trinajstić information content (AvgIpc) is 2.62. The van der Waals surface area contributed by atoms with Gasteiger partial charge in [-0.25, -0.2) is 0 Å². The minimum atomic E-state index is 0.156. The van der Waals surface area contributed by atoms with Crippen LogP contribution in [0.15, 0.2) is 0 Å². The molecule has 1 fully saturated rings. The molecule has 0 bridgehead atoms. The zero-order valence-electron chi connectivity index (χ0n) is 12.9. The third kappa shape index (κ3) is 8.22. The Morgan fingerprint density at radius 2 is 1.84 bits per heavy atom. The molecule has 0 saturated heterocycles. The summed E-state index contributed by atoms with van der Waals surface area (Å²) in [5.41, 5.74) is 0. The Kier molecular flexibility index (Phi) is 8.07. The van der Waals surface area contributed by atoms with E-state index in [0.717, 1.165) is 25.8 Å². The van der Waals surface area contributed by atoms with E-state index >= 15 is 0 Å². The summed E-state index contributed by atoms with van der Waals surface area (Å²) >= 11 is 0. The summed E-state index contributed by atoms with van der Waals surface area (Å²) in [7, 11) is 4.15. The van der Waals surface area contributed by atoms with Crippen LogP contribution in [0.25, 0.3) is 0 Å². The first-order chi connectivity index (χ1) is 9.08. The Labute approximate surface area is 118 Å². The molecular formula is C15H31N3O. The average molecular weight is 269 g/mol. The molecule has 4 heteroatoms. The summed E-state index contributed by atoms with van der Waals surface area (Å²) in [6, 6.07) is 0.802. The van der Waals surface area contributed by atoms with Crippen LogP contribution in [0, 0.1) is 0 Å². The molecular weight excluding hydrogens is 238 g/mol. The maximum atomic E-state index is 11.9. The van der Waals surface area contributed by atoms with Crippen LogP contribution in [0.5, 0.6) is 0 Å². The molecule has 0 spiro atoms. The Morgan fingerprint density at radius 1 is 1.21 bits per heavy atom. The van der Waals surface area contributed by atoms with Gasteiger partial charge in [0.15, 0.2) is 0 Å². The van der Waals surface area contributed by atoms with Crippen molar-refractivity contribution in [3.8, 4) is 0 Å². The fourth-order valence-electron chi connectivity index (χ4n) is 2.52. The normalized spacial score (nSPS) is 19.2. The fraction of sp³-hybridized carbons (Fsp3) is 0.933. The number of carbonyl (C=O) groups excluding carboxylic acids is 1. The molecule has 1 amide bonds. The zero-order valence-corrected chi connectivity index (χ0v) is 12.9. The first kappa shape index (κ1) is 16.4. The van der Waals surface area contributed by atoms with Gasteiger partial charge in [0, 0.05) is 12.1 Å². The van der Waals surface area contributed by atoms with Gasteiger partial charge in [-0.05, 0) is 46.8 Å². The second-order valence-electron chi connectivity index (χ2n) is 6.13. The predicted molar refractivity (Wildman–Crippen MR) is 80.3 cm³/mol. The third-order valence-electron chi connectivity index (χ3n) is 3.84. The summed E-state index contributed by atoms with van der Waals surface area (Å²) in [6.07, 6.45) is 8.56. The standard InChI is InChI=1S/C15H31N3O/c1-13(10-11-18(2)3)16-12-15(19)17-14-8-6-4-5-7-9-14/h13-14,16H,4-12H2,1-3H3,(H,17,19). The highest BCUT2D eigenvalue weighted by Gasteiger charge is 2.14. The van der Waals surface area contributed by atoms with Gasteiger partial charge in [0.05, 0.1) is 6.54 Å². The number of amides is 1. The molecule has 1 aliphatic carbocycles. The van der Waals surface area contributed by atoms with Crippen LogP contribution in [0.2, 0.25) is 0 Å². The van der Waals surface area contributed by atoms with Gasteiger partial charge < -0.3 is 15.5 Å². The third-order valence-corrected chi connectivity index (χ3v) is 3.84. The highest BCUT2D eigenvalue weighted by atomic mass is 16.1. The van der Waals surface area contributed by atoms with Crippen molar-refractivity contribution in [2.45, 2.75) is 64.0 Å². The van der Waals surface area contributed by atoms with Gasteiger partial charge >= 0.3 is 0 Å². The summed E-state index contributed by atoms with van der Waals surface area (Å²) in [6.45, 7) is 3.64. The Balaban J connectivity index is 2.12. The van der Waals surface area contributed by atoms with Crippen LogP contribution in [0.4, 0.5) is 0 Å². The molecule has 2 N–H and O–H groups in total. The number of nitrogens with one attached hydrogen (secondary N) is 2. The van der Waals surface area contributed by atoms with Crippen LogP contribution >= 0.6 is 0 Å². The molecule has 0 heterocycles. The van der Waals surface area contributed by atoms with E-state index < -0.39 is 0 Å². The van der Waals surface area contributed by atoms with E-state index in [9.17, 15) is 4.79 Å². The van der Waals surface area contributed by atoms with Crippen molar-refractivity contribution < 1.29 is 4.79 Å². The molecule has 0 aromatic carbocycles. The van der Waals surface area contributed by atoms with Gasteiger partial charge in [-0.3, -0.25) is 4.79 Å². The summed E-state index contributed by atoms with van der Waals surface area (Å²) in [4.78, 5) is 14.1. The zero-order chi connectivity index (χ0) is 14.1. The van der Waals surface area contributed by atoms with Crippen LogP contribution in [0.1, 0.15) is 51.9 Å². The maximum Gasteiger partial charge on any atom is 0.234 e. The summed E-state index contributed by atoms with van der Waals surface area (Å²) in [5.74, 6) is 0.156. The molecule has 1 unspecified atom stereocenters. The molecule has 4 nitrogen and oxygen atoms in total. The van der Waals surface area contributed by atoms with Crippen molar-refractivity contribution in [2.24, 2.45) is 0 Å². The monoisotopic (exact) mass is 269 g/mol. The number of hydrogen-bond donors (Lipinski definition) is 2. The van der Waals surface area contributed by atoms with Crippen molar-refractivity contribution in [2.75, 3.05) is 27.2 Å². The quantitative estimate of drug-likeness (QED) is 0.692. The minimum absolute atomic E-state index is 0.156. The second kappa shape index (κ2) is 9.32. The number of hydrogen-bond acceptors (Lipinski definition) is 3. The first-order valence-corrected chi connectivity index (χ1v) is 7.75. The summed E-state index contributed by atoms with van der Waals surface area (Å²) < 4.78 is 0. The van der Waals surface area contributed by atoms with Crippen LogP contribution < -0.4 is 10.6 Å². The van der Waals surface area contributed by atoms with Crippen LogP contribution in [-0.2, 0) is 4.79 Å². The molecule has 0 aliphatic heterocycles. The minimum Gasteiger partial charge on any atom is -0.352 e. The van der Waals surface area contributed by atoms with Crippen molar-refractivity contribution in [1.82, 2.24) is 15.5 Å². The van der Waals surface area contributed by atoms with E-state index in [2.05, 4.69) is 36.6 Å². The molecule has 0 aromatic rings. The first-order valence-electron chi connectivity index (χ1n) is 7.75.